The molecule has 4 nitrogen and oxygen atoms in total. The number of rotatable bonds is 8. The highest BCUT2D eigenvalue weighted by Gasteiger charge is 2.30. The molecule has 3 aromatic rings. The number of para-hydroxylation sites is 1. The summed E-state index contributed by atoms with van der Waals surface area (Å²) in [5.41, 5.74) is 9.23. The Hall–Kier alpha value is -2.33. The fraction of sp³-hybridized carbons (Fsp3) is 0.458. The molecule has 1 heterocycles. The summed E-state index contributed by atoms with van der Waals surface area (Å²) in [5.74, 6) is 5.94. The van der Waals surface area contributed by atoms with Gasteiger partial charge in [-0.05, 0) is 52.8 Å². The fourth-order valence-corrected chi connectivity index (χ4v) is 4.26. The number of aryl methyl sites for hydroxylation is 1. The van der Waals surface area contributed by atoms with Gasteiger partial charge in [0, 0.05) is 5.39 Å². The van der Waals surface area contributed by atoms with E-state index in [9.17, 15) is 0 Å². The Morgan fingerprint density at radius 1 is 0.964 bits per heavy atom. The van der Waals surface area contributed by atoms with E-state index in [1.54, 1.807) is 0 Å². The van der Waals surface area contributed by atoms with Crippen LogP contribution in [0, 0.1) is 0 Å². The molecule has 0 aliphatic heterocycles. The number of hydrogen-bond donors (Lipinski definition) is 3. The van der Waals surface area contributed by atoms with Gasteiger partial charge in [0.1, 0.15) is 0 Å². The molecule has 0 aliphatic rings. The summed E-state index contributed by atoms with van der Waals surface area (Å²) in [6, 6.07) is 13.0. The molecule has 28 heavy (non-hydrogen) atoms. The SMILES string of the molecule is CCCc1cccc(C(C)(C)CCC(C)(C)c2cccc3[nH]ncc23)c1NN. The van der Waals surface area contributed by atoms with Gasteiger partial charge in [0.05, 0.1) is 17.4 Å². The molecular weight excluding hydrogens is 344 g/mol. The Labute approximate surface area is 168 Å². The molecule has 1 aromatic heterocycles. The number of fused-ring (bicyclic) bond motifs is 1. The molecule has 0 radical (unpaired) electrons. The number of benzene rings is 2. The Balaban J connectivity index is 1.87. The molecule has 4 N–H and O–H groups in total. The molecule has 0 amide bonds. The summed E-state index contributed by atoms with van der Waals surface area (Å²) in [5, 5.41) is 8.55. The second-order valence-electron chi connectivity index (χ2n) is 9.14. The smallest absolute Gasteiger partial charge is 0.0653 e. The van der Waals surface area contributed by atoms with E-state index in [1.165, 1.54) is 22.1 Å². The van der Waals surface area contributed by atoms with Gasteiger partial charge in [-0.2, -0.15) is 5.10 Å². The number of aromatic amines is 1. The van der Waals surface area contributed by atoms with Gasteiger partial charge in [-0.3, -0.25) is 10.9 Å². The van der Waals surface area contributed by atoms with E-state index in [1.807, 2.05) is 6.20 Å². The minimum absolute atomic E-state index is 0.0209. The lowest BCUT2D eigenvalue weighted by Gasteiger charge is -2.34. The van der Waals surface area contributed by atoms with Crippen molar-refractivity contribution in [3.8, 4) is 0 Å². The number of nitrogens with one attached hydrogen (secondary N) is 2. The van der Waals surface area contributed by atoms with Crippen molar-refractivity contribution in [2.45, 2.75) is 71.1 Å². The molecule has 0 fully saturated rings. The van der Waals surface area contributed by atoms with Gasteiger partial charge in [0.25, 0.3) is 0 Å². The van der Waals surface area contributed by atoms with Crippen molar-refractivity contribution in [1.82, 2.24) is 10.2 Å². The number of nitrogens with zero attached hydrogens (tertiary/aromatic N) is 1. The number of H-pyrrole nitrogens is 1. The van der Waals surface area contributed by atoms with Crippen LogP contribution in [0.15, 0.2) is 42.6 Å². The first-order valence-corrected chi connectivity index (χ1v) is 10.3. The third-order valence-corrected chi connectivity index (χ3v) is 6.13. The van der Waals surface area contributed by atoms with Gasteiger partial charge in [-0.15, -0.1) is 0 Å². The van der Waals surface area contributed by atoms with Crippen LogP contribution in [0.3, 0.4) is 0 Å². The quantitative estimate of drug-likeness (QED) is 0.341. The summed E-state index contributed by atoms with van der Waals surface area (Å²) in [6.07, 6.45) is 6.24. The summed E-state index contributed by atoms with van der Waals surface area (Å²) in [4.78, 5) is 0. The predicted octanol–water partition coefficient (Wildman–Crippen LogP) is 5.84. The lowest BCUT2D eigenvalue weighted by molar-refractivity contribution is 0.377. The second kappa shape index (κ2) is 7.96. The zero-order chi connectivity index (χ0) is 20.4. The first-order valence-electron chi connectivity index (χ1n) is 10.3. The number of hydrazine groups is 1. The third-order valence-electron chi connectivity index (χ3n) is 6.13. The van der Waals surface area contributed by atoms with Crippen molar-refractivity contribution in [2.75, 3.05) is 5.43 Å². The van der Waals surface area contributed by atoms with Gasteiger partial charge >= 0.3 is 0 Å². The van der Waals surface area contributed by atoms with Crippen molar-refractivity contribution in [2.24, 2.45) is 5.84 Å². The van der Waals surface area contributed by atoms with Crippen LogP contribution in [0.1, 0.15) is 70.6 Å². The topological polar surface area (TPSA) is 66.7 Å². The normalized spacial score (nSPS) is 12.5. The second-order valence-corrected chi connectivity index (χ2v) is 9.14. The number of nitrogens with two attached hydrogens (primary N) is 1. The van der Waals surface area contributed by atoms with Crippen LogP contribution < -0.4 is 11.3 Å². The molecule has 4 heteroatoms. The van der Waals surface area contributed by atoms with E-state index < -0.39 is 0 Å². The Morgan fingerprint density at radius 3 is 2.29 bits per heavy atom. The fourth-order valence-electron chi connectivity index (χ4n) is 4.26. The average Bonchev–Trinajstić information content (AvgIpc) is 3.15. The third kappa shape index (κ3) is 3.93. The van der Waals surface area contributed by atoms with E-state index in [-0.39, 0.29) is 10.8 Å². The molecule has 0 saturated heterocycles. The molecule has 3 rings (SSSR count). The van der Waals surface area contributed by atoms with Crippen LogP contribution in [0.25, 0.3) is 10.9 Å². The first-order chi connectivity index (χ1) is 13.3. The Morgan fingerprint density at radius 2 is 1.61 bits per heavy atom. The first kappa shape index (κ1) is 20.4. The zero-order valence-electron chi connectivity index (χ0n) is 17.9. The number of aromatic nitrogens is 2. The minimum Gasteiger partial charge on any atom is -0.324 e. The predicted molar refractivity (Wildman–Crippen MR) is 120 cm³/mol. The summed E-state index contributed by atoms with van der Waals surface area (Å²) in [6.45, 7) is 11.5. The number of anilines is 1. The summed E-state index contributed by atoms with van der Waals surface area (Å²) in [7, 11) is 0. The van der Waals surface area contributed by atoms with Crippen LogP contribution in [0.5, 0.6) is 0 Å². The summed E-state index contributed by atoms with van der Waals surface area (Å²) >= 11 is 0. The maximum Gasteiger partial charge on any atom is 0.0653 e. The van der Waals surface area contributed by atoms with Crippen LogP contribution in [-0.2, 0) is 17.3 Å². The van der Waals surface area contributed by atoms with Gasteiger partial charge < -0.3 is 5.43 Å². The standard InChI is InChI=1S/C24H34N4/c1-6-9-17-10-7-12-20(22(17)27-25)24(4,5)15-14-23(2,3)19-11-8-13-21-18(19)16-26-28-21/h7-8,10-13,16,27H,6,9,14-15,25H2,1-5H3,(H,26,28). The molecule has 0 spiro atoms. The minimum atomic E-state index is 0.0209. The lowest BCUT2D eigenvalue weighted by Crippen LogP contribution is -2.26. The number of hydrogen-bond acceptors (Lipinski definition) is 3. The molecule has 0 aliphatic carbocycles. The molecule has 0 bridgehead atoms. The Kier molecular flexibility index (Phi) is 5.80. The van der Waals surface area contributed by atoms with Gasteiger partial charge in [0.2, 0.25) is 0 Å². The van der Waals surface area contributed by atoms with E-state index in [4.69, 9.17) is 5.84 Å². The van der Waals surface area contributed by atoms with Crippen molar-refractivity contribution >= 4 is 16.6 Å². The van der Waals surface area contributed by atoms with E-state index in [0.717, 1.165) is 36.9 Å². The molecule has 2 aromatic carbocycles. The molecule has 150 valence electrons. The maximum atomic E-state index is 5.94. The van der Waals surface area contributed by atoms with Gasteiger partial charge in [-0.25, -0.2) is 0 Å². The molecule has 0 unspecified atom stereocenters. The highest BCUT2D eigenvalue weighted by Crippen LogP contribution is 2.40. The van der Waals surface area contributed by atoms with Gasteiger partial charge in [-0.1, -0.05) is 71.4 Å². The van der Waals surface area contributed by atoms with E-state index in [2.05, 4.69) is 86.6 Å². The zero-order valence-corrected chi connectivity index (χ0v) is 17.9. The molecular formula is C24H34N4. The monoisotopic (exact) mass is 378 g/mol. The van der Waals surface area contributed by atoms with Crippen molar-refractivity contribution in [3.05, 3.63) is 59.3 Å². The van der Waals surface area contributed by atoms with E-state index >= 15 is 0 Å². The van der Waals surface area contributed by atoms with Crippen molar-refractivity contribution < 1.29 is 0 Å². The maximum absolute atomic E-state index is 5.94. The van der Waals surface area contributed by atoms with E-state index in [0.29, 0.717) is 0 Å². The van der Waals surface area contributed by atoms with Crippen molar-refractivity contribution in [1.29, 1.82) is 0 Å². The Bertz CT molecular complexity index is 937. The van der Waals surface area contributed by atoms with Crippen LogP contribution in [0.4, 0.5) is 5.69 Å². The van der Waals surface area contributed by atoms with Gasteiger partial charge in [0.15, 0.2) is 0 Å². The highest BCUT2D eigenvalue weighted by atomic mass is 15.2. The molecule has 0 saturated carbocycles. The lowest BCUT2D eigenvalue weighted by atomic mass is 9.71. The highest BCUT2D eigenvalue weighted by molar-refractivity contribution is 5.82. The largest absolute Gasteiger partial charge is 0.324 e. The van der Waals surface area contributed by atoms with Crippen molar-refractivity contribution in [3.63, 3.8) is 0 Å². The van der Waals surface area contributed by atoms with Crippen LogP contribution in [-0.4, -0.2) is 10.2 Å². The summed E-state index contributed by atoms with van der Waals surface area (Å²) < 4.78 is 0. The van der Waals surface area contributed by atoms with Crippen LogP contribution >= 0.6 is 0 Å². The van der Waals surface area contributed by atoms with Crippen LogP contribution in [0.2, 0.25) is 0 Å². The number of nitrogen functional groups attached to an aromatic ring is 1. The average molecular weight is 379 g/mol. The molecule has 0 atom stereocenters.